The van der Waals surface area contributed by atoms with E-state index in [0.29, 0.717) is 27.4 Å². The third-order valence-electron chi connectivity index (χ3n) is 6.26. The Bertz CT molecular complexity index is 749. The van der Waals surface area contributed by atoms with Gasteiger partial charge < -0.3 is 10.1 Å². The van der Waals surface area contributed by atoms with Gasteiger partial charge in [0.15, 0.2) is 6.61 Å². The van der Waals surface area contributed by atoms with Crippen molar-refractivity contribution in [1.82, 2.24) is 5.32 Å². The molecular weight excluding hydrogens is 385 g/mol. The number of carbonyl (C=O) groups excluding carboxylic acids is 2. The van der Waals surface area contributed by atoms with Crippen LogP contribution in [0.15, 0.2) is 24.3 Å². The van der Waals surface area contributed by atoms with Crippen molar-refractivity contribution >= 4 is 41.2 Å². The summed E-state index contributed by atoms with van der Waals surface area (Å²) in [6.45, 7) is -0.250. The second kappa shape index (κ2) is 7.84. The normalized spacial score (nSPS) is 31.3. The first kappa shape index (κ1) is 18.8. The molecule has 1 aromatic carbocycles. The number of rotatable bonds is 5. The summed E-state index contributed by atoms with van der Waals surface area (Å²) in [5, 5.41) is 4.11. The Hall–Kier alpha value is -1.52. The summed E-state index contributed by atoms with van der Waals surface area (Å²) in [5.41, 5.74) is 0.663. The van der Waals surface area contributed by atoms with Gasteiger partial charge in [0.1, 0.15) is 0 Å². The lowest BCUT2D eigenvalue weighted by Gasteiger charge is -2.54. The number of esters is 1. The van der Waals surface area contributed by atoms with Crippen LogP contribution >= 0.6 is 23.2 Å². The number of hydrogen-bond donors (Lipinski definition) is 1. The zero-order valence-electron chi connectivity index (χ0n) is 15.0. The molecule has 4 bridgehead atoms. The molecule has 0 heterocycles. The summed E-state index contributed by atoms with van der Waals surface area (Å²) in [5.74, 6) is 2.16. The van der Waals surface area contributed by atoms with Crippen molar-refractivity contribution in [2.45, 2.75) is 38.1 Å². The van der Waals surface area contributed by atoms with Gasteiger partial charge in [0, 0.05) is 22.2 Å². The lowest BCUT2D eigenvalue weighted by Crippen LogP contribution is -2.56. The molecular formula is C21H23Cl2NO3. The van der Waals surface area contributed by atoms with Gasteiger partial charge in [-0.2, -0.15) is 0 Å². The van der Waals surface area contributed by atoms with Crippen LogP contribution in [0, 0.1) is 23.7 Å². The van der Waals surface area contributed by atoms with Gasteiger partial charge in [-0.3, -0.25) is 4.79 Å². The number of halogens is 2. The molecule has 27 heavy (non-hydrogen) atoms. The summed E-state index contributed by atoms with van der Waals surface area (Å²) in [7, 11) is 0. The number of ether oxygens (including phenoxy) is 1. The SMILES string of the molecule is O=C(COC(=O)/C=C/c1ccc(Cl)cc1Cl)NC1C2CC3CC(C2)CC1C3. The van der Waals surface area contributed by atoms with Crippen molar-refractivity contribution < 1.29 is 14.3 Å². The summed E-state index contributed by atoms with van der Waals surface area (Å²) < 4.78 is 5.08. The fraction of sp³-hybridized carbons (Fsp3) is 0.524. The number of carbonyl (C=O) groups is 2. The third-order valence-corrected chi connectivity index (χ3v) is 6.82. The minimum atomic E-state index is -0.568. The molecule has 0 aromatic heterocycles. The van der Waals surface area contributed by atoms with Gasteiger partial charge in [-0.05, 0) is 79.5 Å². The Morgan fingerprint density at radius 1 is 1.07 bits per heavy atom. The van der Waals surface area contributed by atoms with Crippen molar-refractivity contribution in [3.8, 4) is 0 Å². The Labute approximate surface area is 169 Å². The van der Waals surface area contributed by atoms with Crippen LogP contribution in [0.5, 0.6) is 0 Å². The van der Waals surface area contributed by atoms with Crippen LogP contribution in [0.4, 0.5) is 0 Å². The standard InChI is InChI=1S/C21H23Cl2NO3/c22-17-3-1-14(18(23)10-17)2-4-20(26)27-11-19(25)24-21-15-6-12-5-13(8-15)9-16(21)7-12/h1-4,10,12-13,15-16,21H,5-9,11H2,(H,24,25)/b4-2+. The van der Waals surface area contributed by atoms with E-state index in [2.05, 4.69) is 5.32 Å². The van der Waals surface area contributed by atoms with Crippen LogP contribution < -0.4 is 5.32 Å². The fourth-order valence-electron chi connectivity index (χ4n) is 5.37. The maximum Gasteiger partial charge on any atom is 0.331 e. The van der Waals surface area contributed by atoms with Crippen molar-refractivity contribution in [1.29, 1.82) is 0 Å². The number of benzene rings is 1. The predicted octanol–water partition coefficient (Wildman–Crippen LogP) is 4.49. The molecule has 6 heteroatoms. The molecule has 5 rings (SSSR count). The Kier molecular flexibility index (Phi) is 5.47. The number of hydrogen-bond acceptors (Lipinski definition) is 3. The van der Waals surface area contributed by atoms with Gasteiger partial charge in [-0.15, -0.1) is 0 Å². The van der Waals surface area contributed by atoms with Crippen LogP contribution in [0.3, 0.4) is 0 Å². The van der Waals surface area contributed by atoms with E-state index in [4.69, 9.17) is 27.9 Å². The molecule has 0 spiro atoms. The van der Waals surface area contributed by atoms with E-state index in [1.54, 1.807) is 24.3 Å². The predicted molar refractivity (Wildman–Crippen MR) is 105 cm³/mol. The molecule has 1 amide bonds. The molecule has 0 aliphatic heterocycles. The van der Waals surface area contributed by atoms with E-state index in [9.17, 15) is 9.59 Å². The average molecular weight is 408 g/mol. The second-order valence-corrected chi connectivity index (χ2v) is 8.97. The Balaban J connectivity index is 1.25. The molecule has 4 aliphatic carbocycles. The number of nitrogens with one attached hydrogen (secondary N) is 1. The first-order chi connectivity index (χ1) is 13.0. The van der Waals surface area contributed by atoms with Crippen LogP contribution in [-0.2, 0) is 14.3 Å². The van der Waals surface area contributed by atoms with Crippen molar-refractivity contribution in [2.24, 2.45) is 23.7 Å². The van der Waals surface area contributed by atoms with Gasteiger partial charge in [0.2, 0.25) is 0 Å². The quantitative estimate of drug-likeness (QED) is 0.577. The third kappa shape index (κ3) is 4.33. The molecule has 144 valence electrons. The largest absolute Gasteiger partial charge is 0.452 e. The summed E-state index contributed by atoms with van der Waals surface area (Å²) in [4.78, 5) is 24.1. The van der Waals surface area contributed by atoms with Crippen LogP contribution in [0.2, 0.25) is 10.0 Å². The lowest BCUT2D eigenvalue weighted by molar-refractivity contribution is -0.145. The zero-order chi connectivity index (χ0) is 19.0. The van der Waals surface area contributed by atoms with Crippen molar-refractivity contribution in [3.05, 3.63) is 39.9 Å². The van der Waals surface area contributed by atoms with Gasteiger partial charge in [-0.1, -0.05) is 29.3 Å². The van der Waals surface area contributed by atoms with E-state index < -0.39 is 5.97 Å². The summed E-state index contributed by atoms with van der Waals surface area (Å²) in [6, 6.07) is 5.27. The minimum Gasteiger partial charge on any atom is -0.452 e. The molecule has 4 aliphatic rings. The summed E-state index contributed by atoms with van der Waals surface area (Å²) in [6.07, 6.45) is 9.16. The van der Waals surface area contributed by atoms with Crippen molar-refractivity contribution in [3.63, 3.8) is 0 Å². The van der Waals surface area contributed by atoms with E-state index in [0.717, 1.165) is 11.8 Å². The average Bonchev–Trinajstić information content (AvgIpc) is 2.61. The van der Waals surface area contributed by atoms with Crippen LogP contribution in [0.25, 0.3) is 6.08 Å². The van der Waals surface area contributed by atoms with E-state index in [1.165, 1.54) is 38.2 Å². The molecule has 4 saturated carbocycles. The van der Waals surface area contributed by atoms with Gasteiger partial charge in [0.05, 0.1) is 0 Å². The molecule has 0 atom stereocenters. The summed E-state index contributed by atoms with van der Waals surface area (Å²) >= 11 is 11.9. The molecule has 1 N–H and O–H groups in total. The highest BCUT2D eigenvalue weighted by molar-refractivity contribution is 6.35. The van der Waals surface area contributed by atoms with E-state index >= 15 is 0 Å². The molecule has 0 radical (unpaired) electrons. The molecule has 4 nitrogen and oxygen atoms in total. The molecule has 4 fully saturated rings. The molecule has 0 saturated heterocycles. The second-order valence-electron chi connectivity index (χ2n) is 8.13. The fourth-order valence-corrected chi connectivity index (χ4v) is 5.84. The van der Waals surface area contributed by atoms with Crippen molar-refractivity contribution in [2.75, 3.05) is 6.61 Å². The maximum atomic E-state index is 12.3. The van der Waals surface area contributed by atoms with E-state index in [-0.39, 0.29) is 18.6 Å². The highest BCUT2D eigenvalue weighted by Gasteiger charge is 2.48. The maximum absolute atomic E-state index is 12.3. The highest BCUT2D eigenvalue weighted by atomic mass is 35.5. The van der Waals surface area contributed by atoms with Gasteiger partial charge in [-0.25, -0.2) is 4.79 Å². The lowest BCUT2D eigenvalue weighted by atomic mass is 9.54. The van der Waals surface area contributed by atoms with Gasteiger partial charge >= 0.3 is 5.97 Å². The van der Waals surface area contributed by atoms with Gasteiger partial charge in [0.25, 0.3) is 5.91 Å². The zero-order valence-corrected chi connectivity index (χ0v) is 16.5. The first-order valence-electron chi connectivity index (χ1n) is 9.57. The minimum absolute atomic E-state index is 0.209. The Morgan fingerprint density at radius 3 is 2.37 bits per heavy atom. The van der Waals surface area contributed by atoms with E-state index in [1.807, 2.05) is 0 Å². The Morgan fingerprint density at radius 2 is 1.74 bits per heavy atom. The van der Waals surface area contributed by atoms with Crippen LogP contribution in [-0.4, -0.2) is 24.5 Å². The monoisotopic (exact) mass is 407 g/mol. The number of amides is 1. The van der Waals surface area contributed by atoms with Crippen LogP contribution in [0.1, 0.15) is 37.7 Å². The highest BCUT2D eigenvalue weighted by Crippen LogP contribution is 2.53. The first-order valence-corrected chi connectivity index (χ1v) is 10.3. The molecule has 1 aromatic rings. The molecule has 0 unspecified atom stereocenters. The topological polar surface area (TPSA) is 55.4 Å². The smallest absolute Gasteiger partial charge is 0.331 e.